The minimum Gasteiger partial charge on any atom is -1.00 e. The number of carboxylic acid groups (broad SMARTS) is 1. The summed E-state index contributed by atoms with van der Waals surface area (Å²) in [6.45, 7) is 17.7. The van der Waals surface area contributed by atoms with Crippen molar-refractivity contribution in [2.24, 2.45) is 26.2 Å². The van der Waals surface area contributed by atoms with Crippen LogP contribution in [-0.2, 0) is 26.5 Å². The first-order valence-electron chi connectivity index (χ1n) is 7.05. The molecule has 0 bridgehead atoms. The van der Waals surface area contributed by atoms with E-state index in [0.29, 0.717) is 0 Å². The van der Waals surface area contributed by atoms with E-state index in [-0.39, 0.29) is 69.8 Å². The van der Waals surface area contributed by atoms with Crippen LogP contribution in [0, 0.1) is 16.2 Å². The van der Waals surface area contributed by atoms with E-state index in [1.165, 1.54) is 0 Å². The van der Waals surface area contributed by atoms with E-state index in [4.69, 9.17) is 0 Å². The molecular formula is C16H27Cl3N2O2Ti. The van der Waals surface area contributed by atoms with Crippen molar-refractivity contribution in [3.05, 3.63) is 0 Å². The summed E-state index contributed by atoms with van der Waals surface area (Å²) in [4.78, 5) is 20.9. The number of hydrogen-bond donors (Lipinski definition) is 0. The summed E-state index contributed by atoms with van der Waals surface area (Å²) in [7, 11) is 0. The Morgan fingerprint density at radius 1 is 0.792 bits per heavy atom. The van der Waals surface area contributed by atoms with Gasteiger partial charge >= 0.3 is 21.7 Å². The summed E-state index contributed by atoms with van der Waals surface area (Å²) in [6, 6.07) is 0. The fraction of sp³-hybridized carbons (Fsp3) is 0.812. The summed E-state index contributed by atoms with van der Waals surface area (Å²) in [5.41, 5.74) is -1.15. The number of carboxylic acids is 1. The maximum absolute atomic E-state index is 11.8. The maximum atomic E-state index is 11.8. The van der Waals surface area contributed by atoms with Crippen molar-refractivity contribution in [3.8, 4) is 0 Å². The van der Waals surface area contributed by atoms with Crippen LogP contribution in [0.2, 0.25) is 0 Å². The van der Waals surface area contributed by atoms with Crippen molar-refractivity contribution >= 4 is 17.4 Å². The molecule has 0 fully saturated rings. The molecule has 138 valence electrons. The predicted octanol–water partition coefficient (Wildman–Crippen LogP) is -6.52. The third-order valence-corrected chi connectivity index (χ3v) is 3.52. The third-order valence-electron chi connectivity index (χ3n) is 3.52. The Balaban J connectivity index is -0.000000500. The second-order valence-electron chi connectivity index (χ2n) is 8.63. The molecule has 0 aliphatic carbocycles. The standard InChI is InChI=1S/C16H28N2O2.3ClH.Ti/c1-13(2,3)10-11(14(4,5)6)18-16(17-10,12(19)20)15(7,8)9;;;;/h1-9H3,(H,19,20);3*1H;/q;;;;+4/p-4. The molecule has 0 radical (unpaired) electrons. The maximum Gasteiger partial charge on any atom is 4.00 e. The van der Waals surface area contributed by atoms with Gasteiger partial charge < -0.3 is 47.1 Å². The number of halogens is 3. The Labute approximate surface area is 179 Å². The van der Waals surface area contributed by atoms with Crippen molar-refractivity contribution < 1.29 is 68.8 Å². The summed E-state index contributed by atoms with van der Waals surface area (Å²) < 4.78 is 0. The summed E-state index contributed by atoms with van der Waals surface area (Å²) in [5.74, 6) is -1.23. The van der Waals surface area contributed by atoms with Crippen molar-refractivity contribution in [2.45, 2.75) is 68.0 Å². The fourth-order valence-electron chi connectivity index (χ4n) is 2.23. The van der Waals surface area contributed by atoms with Crippen LogP contribution in [0.3, 0.4) is 0 Å². The van der Waals surface area contributed by atoms with Crippen molar-refractivity contribution in [1.29, 1.82) is 0 Å². The number of aliphatic carboxylic acids is 1. The molecule has 0 aromatic heterocycles. The molecule has 0 unspecified atom stereocenters. The zero-order valence-corrected chi connectivity index (χ0v) is 19.7. The first-order chi connectivity index (χ1) is 8.63. The van der Waals surface area contributed by atoms with Gasteiger partial charge in [-0.05, 0) is 0 Å². The van der Waals surface area contributed by atoms with E-state index in [9.17, 15) is 9.90 Å². The number of hydrogen-bond acceptors (Lipinski definition) is 4. The molecule has 1 rings (SSSR count). The molecule has 4 nitrogen and oxygen atoms in total. The van der Waals surface area contributed by atoms with Gasteiger partial charge in [0, 0.05) is 16.2 Å². The van der Waals surface area contributed by atoms with E-state index in [1.54, 1.807) is 0 Å². The van der Waals surface area contributed by atoms with Crippen LogP contribution in [0.4, 0.5) is 0 Å². The van der Waals surface area contributed by atoms with E-state index in [1.807, 2.05) is 62.3 Å². The van der Waals surface area contributed by atoms with Crippen LogP contribution in [0.5, 0.6) is 0 Å². The van der Waals surface area contributed by atoms with Gasteiger partial charge in [-0.25, -0.2) is 0 Å². The summed E-state index contributed by atoms with van der Waals surface area (Å²) in [5, 5.41) is 11.8. The number of rotatable bonds is 1. The molecule has 8 heteroatoms. The first kappa shape index (κ1) is 32.1. The molecule has 1 aliphatic heterocycles. The van der Waals surface area contributed by atoms with Gasteiger partial charge in [-0.1, -0.05) is 62.3 Å². The van der Waals surface area contributed by atoms with E-state index in [2.05, 4.69) is 9.98 Å². The Morgan fingerprint density at radius 2 is 1.04 bits per heavy atom. The van der Waals surface area contributed by atoms with Gasteiger partial charge in [-0.15, -0.1) is 0 Å². The molecule has 0 aromatic carbocycles. The Morgan fingerprint density at radius 3 is 1.17 bits per heavy atom. The predicted molar refractivity (Wildman–Crippen MR) is 81.0 cm³/mol. The number of carbonyl (C=O) groups is 1. The average Bonchev–Trinajstić information content (AvgIpc) is 2.55. The van der Waals surface area contributed by atoms with Gasteiger partial charge in [0.25, 0.3) is 0 Å². The molecule has 1 heterocycles. The van der Waals surface area contributed by atoms with E-state index < -0.39 is 17.0 Å². The molecule has 0 aromatic rings. The quantitative estimate of drug-likeness (QED) is 0.386. The van der Waals surface area contributed by atoms with Gasteiger partial charge in [-0.3, -0.25) is 9.98 Å². The van der Waals surface area contributed by atoms with Crippen molar-refractivity contribution in [2.75, 3.05) is 0 Å². The third kappa shape index (κ3) is 5.98. The minimum absolute atomic E-state index is 0. The summed E-state index contributed by atoms with van der Waals surface area (Å²) >= 11 is 0. The number of carbonyl (C=O) groups excluding carboxylic acids is 1. The van der Waals surface area contributed by atoms with E-state index >= 15 is 0 Å². The fourth-order valence-corrected chi connectivity index (χ4v) is 2.23. The smallest absolute Gasteiger partial charge is 1.00 e. The molecule has 0 amide bonds. The van der Waals surface area contributed by atoms with Gasteiger partial charge in [-0.2, -0.15) is 0 Å². The Bertz CT molecular complexity index is 469. The second kappa shape index (κ2) is 9.37. The van der Waals surface area contributed by atoms with Crippen molar-refractivity contribution in [3.63, 3.8) is 0 Å². The molecule has 1 aliphatic rings. The van der Waals surface area contributed by atoms with Crippen LogP contribution < -0.4 is 42.3 Å². The minimum atomic E-state index is -1.53. The van der Waals surface area contributed by atoms with Gasteiger partial charge in [0.2, 0.25) is 0 Å². The van der Waals surface area contributed by atoms with Crippen LogP contribution in [-0.4, -0.2) is 23.1 Å². The zero-order chi connectivity index (χ0) is 16.1. The van der Waals surface area contributed by atoms with Crippen LogP contribution in [0.1, 0.15) is 62.3 Å². The van der Waals surface area contributed by atoms with Gasteiger partial charge in [0.05, 0.1) is 17.4 Å². The molecular weight excluding hydrogens is 406 g/mol. The summed E-state index contributed by atoms with van der Waals surface area (Å²) in [6.07, 6.45) is 0. The SMILES string of the molecule is CC(C)(C)C1=NC(C(=O)[O-])(C(C)(C)C)N=C1C(C)(C)C.[Cl-].[Cl-].[Cl-].[Ti+4]. The monoisotopic (exact) mass is 432 g/mol. The van der Waals surface area contributed by atoms with Crippen LogP contribution >= 0.6 is 0 Å². The molecule has 0 saturated carbocycles. The van der Waals surface area contributed by atoms with Gasteiger partial charge in [0.1, 0.15) is 0 Å². The average molecular weight is 434 g/mol. The van der Waals surface area contributed by atoms with Crippen LogP contribution in [0.25, 0.3) is 0 Å². The normalized spacial score (nSPS) is 16.4. The number of aliphatic imine (C=N–C) groups is 2. The Hall–Kier alpha value is 0.394. The van der Waals surface area contributed by atoms with Gasteiger partial charge in [0.15, 0.2) is 5.66 Å². The largest absolute Gasteiger partial charge is 4.00 e. The molecule has 0 saturated heterocycles. The zero-order valence-electron chi connectivity index (χ0n) is 15.8. The van der Waals surface area contributed by atoms with Crippen molar-refractivity contribution in [1.82, 2.24) is 0 Å². The Kier molecular flexibility index (Phi) is 12.5. The molecule has 0 atom stereocenters. The first-order valence-corrected chi connectivity index (χ1v) is 7.05. The molecule has 0 N–H and O–H groups in total. The van der Waals surface area contributed by atoms with E-state index in [0.717, 1.165) is 11.4 Å². The molecule has 0 spiro atoms. The number of nitrogens with zero attached hydrogens (tertiary/aromatic N) is 2. The topological polar surface area (TPSA) is 64.8 Å². The molecule has 24 heavy (non-hydrogen) atoms. The van der Waals surface area contributed by atoms with Crippen LogP contribution in [0.15, 0.2) is 9.98 Å². The second-order valence-corrected chi connectivity index (χ2v) is 8.63.